The van der Waals surface area contributed by atoms with E-state index in [1.165, 1.54) is 18.4 Å². The molecular formula is C19H25N5O. The highest BCUT2D eigenvalue weighted by atomic mass is 16.5. The second kappa shape index (κ2) is 6.52. The molecule has 0 spiro atoms. The van der Waals surface area contributed by atoms with Crippen molar-refractivity contribution < 1.29 is 4.74 Å². The lowest BCUT2D eigenvalue weighted by Gasteiger charge is -2.31. The van der Waals surface area contributed by atoms with Crippen molar-refractivity contribution in [2.24, 2.45) is 7.05 Å². The minimum Gasteiger partial charge on any atom is -0.481 e. The molecule has 2 aromatic heterocycles. The molecule has 0 aliphatic carbocycles. The van der Waals surface area contributed by atoms with Gasteiger partial charge < -0.3 is 9.72 Å². The molecule has 4 rings (SSSR count). The number of rotatable bonds is 4. The Morgan fingerprint density at radius 2 is 2.16 bits per heavy atom. The van der Waals surface area contributed by atoms with Crippen molar-refractivity contribution in [2.75, 3.05) is 20.2 Å². The average Bonchev–Trinajstić information content (AvgIpc) is 3.16. The number of fused-ring (bicyclic) bond motifs is 1. The summed E-state index contributed by atoms with van der Waals surface area (Å²) in [6, 6.07) is 8.25. The van der Waals surface area contributed by atoms with Gasteiger partial charge in [0.15, 0.2) is 0 Å². The Hall–Kier alpha value is -2.34. The fourth-order valence-electron chi connectivity index (χ4n) is 3.93. The quantitative estimate of drug-likeness (QED) is 0.794. The zero-order valence-electron chi connectivity index (χ0n) is 15.1. The number of para-hydroxylation sites is 2. The van der Waals surface area contributed by atoms with Crippen molar-refractivity contribution in [3.8, 4) is 5.88 Å². The van der Waals surface area contributed by atoms with Crippen molar-refractivity contribution in [2.45, 2.75) is 32.2 Å². The SMILES string of the molecule is COc1c(CN2CCC[C@@H](c3nc4ccccc4[nH]3)C2)c(C)nn1C. The van der Waals surface area contributed by atoms with E-state index >= 15 is 0 Å². The van der Waals surface area contributed by atoms with Gasteiger partial charge in [0.05, 0.1) is 29.4 Å². The Morgan fingerprint density at radius 3 is 2.96 bits per heavy atom. The number of likely N-dealkylation sites (tertiary alicyclic amines) is 1. The van der Waals surface area contributed by atoms with Crippen LogP contribution in [0.4, 0.5) is 0 Å². The summed E-state index contributed by atoms with van der Waals surface area (Å²) >= 11 is 0. The molecule has 1 aliphatic heterocycles. The van der Waals surface area contributed by atoms with Crippen LogP contribution in [0.15, 0.2) is 24.3 Å². The van der Waals surface area contributed by atoms with E-state index in [2.05, 4.69) is 40.1 Å². The summed E-state index contributed by atoms with van der Waals surface area (Å²) in [5, 5.41) is 4.50. The molecule has 1 atom stereocenters. The van der Waals surface area contributed by atoms with Crippen molar-refractivity contribution in [1.29, 1.82) is 0 Å². The monoisotopic (exact) mass is 339 g/mol. The van der Waals surface area contributed by atoms with Crippen molar-refractivity contribution >= 4 is 11.0 Å². The van der Waals surface area contributed by atoms with E-state index in [1.54, 1.807) is 7.11 Å². The van der Waals surface area contributed by atoms with E-state index in [1.807, 2.05) is 17.8 Å². The molecule has 1 aromatic carbocycles. The maximum absolute atomic E-state index is 5.55. The van der Waals surface area contributed by atoms with Crippen LogP contribution in [0, 0.1) is 6.92 Å². The van der Waals surface area contributed by atoms with E-state index in [4.69, 9.17) is 9.72 Å². The molecule has 6 heteroatoms. The summed E-state index contributed by atoms with van der Waals surface area (Å²) in [6.07, 6.45) is 2.36. The largest absolute Gasteiger partial charge is 0.481 e. The third-order valence-electron chi connectivity index (χ3n) is 5.16. The lowest BCUT2D eigenvalue weighted by molar-refractivity contribution is 0.194. The molecule has 3 heterocycles. The van der Waals surface area contributed by atoms with E-state index in [0.717, 1.165) is 48.1 Å². The van der Waals surface area contributed by atoms with Crippen molar-refractivity contribution in [3.63, 3.8) is 0 Å². The zero-order chi connectivity index (χ0) is 17.4. The number of imidazole rings is 1. The third kappa shape index (κ3) is 3.02. The first-order valence-corrected chi connectivity index (χ1v) is 8.89. The molecule has 6 nitrogen and oxygen atoms in total. The summed E-state index contributed by atoms with van der Waals surface area (Å²) < 4.78 is 7.37. The van der Waals surface area contributed by atoms with Gasteiger partial charge >= 0.3 is 0 Å². The minimum atomic E-state index is 0.448. The van der Waals surface area contributed by atoms with Gasteiger partial charge in [0.25, 0.3) is 0 Å². The highest BCUT2D eigenvalue weighted by Crippen LogP contribution is 2.29. The van der Waals surface area contributed by atoms with Crippen LogP contribution >= 0.6 is 0 Å². The first kappa shape index (κ1) is 16.1. The van der Waals surface area contributed by atoms with Crippen LogP contribution in [-0.4, -0.2) is 44.8 Å². The molecule has 0 radical (unpaired) electrons. The van der Waals surface area contributed by atoms with Gasteiger partial charge in [0.2, 0.25) is 5.88 Å². The Morgan fingerprint density at radius 1 is 1.32 bits per heavy atom. The van der Waals surface area contributed by atoms with Gasteiger partial charge in [-0.05, 0) is 38.4 Å². The van der Waals surface area contributed by atoms with Crippen LogP contribution in [0.2, 0.25) is 0 Å². The van der Waals surface area contributed by atoms with Crippen LogP contribution in [0.1, 0.15) is 35.8 Å². The second-order valence-electron chi connectivity index (χ2n) is 6.91. The van der Waals surface area contributed by atoms with Crippen LogP contribution in [0.5, 0.6) is 5.88 Å². The predicted octanol–water partition coefficient (Wildman–Crippen LogP) is 2.99. The fraction of sp³-hybridized carbons (Fsp3) is 0.474. The Balaban J connectivity index is 1.53. The molecule has 1 aliphatic rings. The lowest BCUT2D eigenvalue weighted by atomic mass is 9.97. The third-order valence-corrected chi connectivity index (χ3v) is 5.16. The number of aryl methyl sites for hydroxylation is 2. The molecule has 1 N–H and O–H groups in total. The molecule has 132 valence electrons. The van der Waals surface area contributed by atoms with E-state index in [-0.39, 0.29) is 0 Å². The standard InChI is InChI=1S/C19H25N5O/c1-13-15(19(25-3)23(2)22-13)12-24-10-6-7-14(11-24)18-20-16-8-4-5-9-17(16)21-18/h4-5,8-9,14H,6-7,10-12H2,1-3H3,(H,20,21)/t14-/m1/s1. The number of hydrogen-bond acceptors (Lipinski definition) is 4. The summed E-state index contributed by atoms with van der Waals surface area (Å²) in [6.45, 7) is 5.05. The highest BCUT2D eigenvalue weighted by Gasteiger charge is 2.26. The predicted molar refractivity (Wildman–Crippen MR) is 97.8 cm³/mol. The number of H-pyrrole nitrogens is 1. The summed E-state index contributed by atoms with van der Waals surface area (Å²) in [4.78, 5) is 10.8. The Labute approximate surface area is 147 Å². The molecule has 0 bridgehead atoms. The molecule has 0 unspecified atom stereocenters. The van der Waals surface area contributed by atoms with E-state index in [9.17, 15) is 0 Å². The summed E-state index contributed by atoms with van der Waals surface area (Å²) in [5.74, 6) is 2.42. The topological polar surface area (TPSA) is 59.0 Å². The van der Waals surface area contributed by atoms with E-state index in [0.29, 0.717) is 5.92 Å². The number of nitrogens with one attached hydrogen (secondary N) is 1. The number of hydrogen-bond donors (Lipinski definition) is 1. The molecular weight excluding hydrogens is 314 g/mol. The number of methoxy groups -OCH3 is 1. The van der Waals surface area contributed by atoms with Crippen LogP contribution in [-0.2, 0) is 13.6 Å². The molecule has 1 saturated heterocycles. The number of benzene rings is 1. The van der Waals surface area contributed by atoms with Crippen LogP contribution in [0.3, 0.4) is 0 Å². The van der Waals surface area contributed by atoms with Gasteiger partial charge in [-0.1, -0.05) is 12.1 Å². The minimum absolute atomic E-state index is 0.448. The first-order chi connectivity index (χ1) is 12.2. The summed E-state index contributed by atoms with van der Waals surface area (Å²) in [7, 11) is 3.65. The normalized spacial score (nSPS) is 18.8. The Kier molecular flexibility index (Phi) is 4.21. The summed E-state index contributed by atoms with van der Waals surface area (Å²) in [5.41, 5.74) is 4.42. The van der Waals surface area contributed by atoms with Gasteiger partial charge in [-0.25, -0.2) is 9.67 Å². The number of aromatic nitrogens is 4. The van der Waals surface area contributed by atoms with E-state index < -0.39 is 0 Å². The number of ether oxygens (including phenoxy) is 1. The van der Waals surface area contributed by atoms with Crippen LogP contribution < -0.4 is 4.74 Å². The molecule has 3 aromatic rings. The number of nitrogens with zero attached hydrogens (tertiary/aromatic N) is 4. The van der Waals surface area contributed by atoms with Gasteiger partial charge in [0, 0.05) is 26.1 Å². The molecule has 1 fully saturated rings. The van der Waals surface area contributed by atoms with Crippen molar-refractivity contribution in [3.05, 3.63) is 41.3 Å². The molecule has 0 saturated carbocycles. The van der Waals surface area contributed by atoms with Gasteiger partial charge in [-0.3, -0.25) is 4.90 Å². The zero-order valence-corrected chi connectivity index (χ0v) is 15.1. The van der Waals surface area contributed by atoms with Crippen molar-refractivity contribution in [1.82, 2.24) is 24.6 Å². The fourth-order valence-corrected chi connectivity index (χ4v) is 3.93. The Bertz CT molecular complexity index is 848. The average molecular weight is 339 g/mol. The maximum Gasteiger partial charge on any atom is 0.216 e. The second-order valence-corrected chi connectivity index (χ2v) is 6.91. The van der Waals surface area contributed by atoms with Gasteiger partial charge in [0.1, 0.15) is 5.82 Å². The first-order valence-electron chi connectivity index (χ1n) is 8.89. The smallest absolute Gasteiger partial charge is 0.216 e. The highest BCUT2D eigenvalue weighted by molar-refractivity contribution is 5.74. The molecule has 0 amide bonds. The van der Waals surface area contributed by atoms with Gasteiger partial charge in [-0.2, -0.15) is 5.10 Å². The number of piperidine rings is 1. The maximum atomic E-state index is 5.55. The molecule has 25 heavy (non-hydrogen) atoms. The van der Waals surface area contributed by atoms with Crippen LogP contribution in [0.25, 0.3) is 11.0 Å². The van der Waals surface area contributed by atoms with Gasteiger partial charge in [-0.15, -0.1) is 0 Å². The number of aromatic amines is 1. The lowest BCUT2D eigenvalue weighted by Crippen LogP contribution is -2.34.